The number of hydrogen-bond acceptors (Lipinski definition) is 3. The average molecular weight is 392 g/mol. The molecule has 0 aliphatic heterocycles. The highest BCUT2D eigenvalue weighted by atomic mass is 16.5. The number of primary amides is 1. The Morgan fingerprint density at radius 1 is 1.10 bits per heavy atom. The second kappa shape index (κ2) is 8.22. The van der Waals surface area contributed by atoms with Crippen molar-refractivity contribution in [3.05, 3.63) is 65.9 Å². The van der Waals surface area contributed by atoms with Gasteiger partial charge in [0.15, 0.2) is 0 Å². The third-order valence-corrected chi connectivity index (χ3v) is 5.02. The van der Waals surface area contributed by atoms with Gasteiger partial charge in [-0.15, -0.1) is 0 Å². The van der Waals surface area contributed by atoms with E-state index >= 15 is 0 Å². The van der Waals surface area contributed by atoms with Crippen LogP contribution in [0.1, 0.15) is 22.8 Å². The molecule has 1 heterocycles. The predicted octanol–water partition coefficient (Wildman–Crippen LogP) is 3.96. The van der Waals surface area contributed by atoms with Crippen molar-refractivity contribution < 1.29 is 19.4 Å². The van der Waals surface area contributed by atoms with Crippen molar-refractivity contribution in [1.82, 2.24) is 4.57 Å². The Balaban J connectivity index is 2.16. The third kappa shape index (κ3) is 4.16. The van der Waals surface area contributed by atoms with E-state index in [9.17, 15) is 14.7 Å². The molecule has 6 nitrogen and oxygen atoms in total. The highest BCUT2D eigenvalue weighted by Crippen LogP contribution is 2.36. The second-order valence-corrected chi connectivity index (χ2v) is 7.09. The summed E-state index contributed by atoms with van der Waals surface area (Å²) >= 11 is 0. The summed E-state index contributed by atoms with van der Waals surface area (Å²) in [6.45, 7) is 3.93. The summed E-state index contributed by atoms with van der Waals surface area (Å²) < 4.78 is 7.19. The van der Waals surface area contributed by atoms with Gasteiger partial charge >= 0.3 is 5.97 Å². The second-order valence-electron chi connectivity index (χ2n) is 7.09. The van der Waals surface area contributed by atoms with E-state index in [0.29, 0.717) is 12.1 Å². The SMILES string of the molecule is COc1ccc(-c2ccn(CC(C)C(=O)O)c2-c2ccc(C(N)=O)cc2C)cc1. The summed E-state index contributed by atoms with van der Waals surface area (Å²) in [4.78, 5) is 22.9. The molecule has 0 bridgehead atoms. The molecule has 150 valence electrons. The van der Waals surface area contributed by atoms with E-state index in [1.165, 1.54) is 0 Å². The van der Waals surface area contributed by atoms with Crippen LogP contribution in [-0.2, 0) is 11.3 Å². The maximum atomic E-state index is 11.5. The summed E-state index contributed by atoms with van der Waals surface area (Å²) in [7, 11) is 1.62. The lowest BCUT2D eigenvalue weighted by atomic mass is 9.96. The molecule has 0 saturated carbocycles. The fourth-order valence-corrected chi connectivity index (χ4v) is 3.38. The van der Waals surface area contributed by atoms with Crippen LogP contribution in [0, 0.1) is 12.8 Å². The molecule has 0 radical (unpaired) electrons. The smallest absolute Gasteiger partial charge is 0.308 e. The zero-order chi connectivity index (χ0) is 21.1. The summed E-state index contributed by atoms with van der Waals surface area (Å²) in [6.07, 6.45) is 1.90. The summed E-state index contributed by atoms with van der Waals surface area (Å²) in [6, 6.07) is 15.0. The van der Waals surface area contributed by atoms with Gasteiger partial charge in [-0.1, -0.05) is 25.1 Å². The van der Waals surface area contributed by atoms with E-state index in [1.807, 2.05) is 54.1 Å². The lowest BCUT2D eigenvalue weighted by Crippen LogP contribution is -2.17. The largest absolute Gasteiger partial charge is 0.497 e. The number of hydrogen-bond donors (Lipinski definition) is 2. The van der Waals surface area contributed by atoms with Gasteiger partial charge in [-0.05, 0) is 48.4 Å². The van der Waals surface area contributed by atoms with Crippen LogP contribution in [0.25, 0.3) is 22.4 Å². The Labute approximate surface area is 169 Å². The maximum Gasteiger partial charge on any atom is 0.308 e. The number of amides is 1. The summed E-state index contributed by atoms with van der Waals surface area (Å²) in [5, 5.41) is 9.36. The van der Waals surface area contributed by atoms with Crippen LogP contribution in [0.15, 0.2) is 54.7 Å². The lowest BCUT2D eigenvalue weighted by Gasteiger charge is -2.17. The highest BCUT2D eigenvalue weighted by Gasteiger charge is 2.19. The Morgan fingerprint density at radius 3 is 2.34 bits per heavy atom. The Kier molecular flexibility index (Phi) is 5.73. The van der Waals surface area contributed by atoms with Crippen LogP contribution in [-0.4, -0.2) is 28.7 Å². The van der Waals surface area contributed by atoms with Crippen LogP contribution in [0.3, 0.4) is 0 Å². The topological polar surface area (TPSA) is 94.6 Å². The van der Waals surface area contributed by atoms with E-state index in [0.717, 1.165) is 33.7 Å². The molecule has 3 N–H and O–H groups in total. The van der Waals surface area contributed by atoms with Crippen molar-refractivity contribution >= 4 is 11.9 Å². The first-order valence-corrected chi connectivity index (χ1v) is 9.29. The van der Waals surface area contributed by atoms with E-state index in [-0.39, 0.29) is 0 Å². The number of carbonyl (C=O) groups is 2. The van der Waals surface area contributed by atoms with Gasteiger partial charge in [-0.25, -0.2) is 0 Å². The van der Waals surface area contributed by atoms with Gasteiger partial charge in [0.25, 0.3) is 0 Å². The van der Waals surface area contributed by atoms with Crippen molar-refractivity contribution in [3.8, 4) is 28.1 Å². The minimum absolute atomic E-state index is 0.331. The van der Waals surface area contributed by atoms with Gasteiger partial charge in [0.2, 0.25) is 5.91 Å². The number of aliphatic carboxylic acids is 1. The van der Waals surface area contributed by atoms with Crippen molar-refractivity contribution in [1.29, 1.82) is 0 Å². The molecule has 29 heavy (non-hydrogen) atoms. The van der Waals surface area contributed by atoms with Crippen molar-refractivity contribution in [2.75, 3.05) is 7.11 Å². The van der Waals surface area contributed by atoms with Crippen molar-refractivity contribution in [2.24, 2.45) is 11.7 Å². The molecule has 0 saturated heterocycles. The molecule has 0 fully saturated rings. The minimum Gasteiger partial charge on any atom is -0.497 e. The molecule has 3 rings (SSSR count). The first-order valence-electron chi connectivity index (χ1n) is 9.29. The average Bonchev–Trinajstić information content (AvgIpc) is 3.11. The van der Waals surface area contributed by atoms with Crippen LogP contribution < -0.4 is 10.5 Å². The number of rotatable bonds is 7. The number of carbonyl (C=O) groups excluding carboxylic acids is 1. The molecule has 0 spiro atoms. The fourth-order valence-electron chi connectivity index (χ4n) is 3.38. The normalized spacial score (nSPS) is 11.8. The molecule has 2 aromatic carbocycles. The molecular formula is C23H24N2O4. The van der Waals surface area contributed by atoms with Gasteiger partial charge < -0.3 is 20.1 Å². The van der Waals surface area contributed by atoms with Crippen LogP contribution in [0.2, 0.25) is 0 Å². The molecule has 1 unspecified atom stereocenters. The number of aromatic nitrogens is 1. The first-order chi connectivity index (χ1) is 13.8. The zero-order valence-corrected chi connectivity index (χ0v) is 16.7. The van der Waals surface area contributed by atoms with E-state index in [1.54, 1.807) is 26.2 Å². The predicted molar refractivity (Wildman–Crippen MR) is 112 cm³/mol. The first kappa shape index (κ1) is 20.2. The molecule has 1 atom stereocenters. The maximum absolute atomic E-state index is 11.5. The molecule has 3 aromatic rings. The number of methoxy groups -OCH3 is 1. The van der Waals surface area contributed by atoms with E-state index in [2.05, 4.69) is 0 Å². The van der Waals surface area contributed by atoms with E-state index < -0.39 is 17.8 Å². The van der Waals surface area contributed by atoms with Crippen LogP contribution in [0.4, 0.5) is 0 Å². The molecular weight excluding hydrogens is 368 g/mol. The Morgan fingerprint density at radius 2 is 1.79 bits per heavy atom. The molecule has 0 aliphatic carbocycles. The molecule has 0 aliphatic rings. The lowest BCUT2D eigenvalue weighted by molar-refractivity contribution is -0.141. The standard InChI is InChI=1S/C23H24N2O4/c1-14-12-17(22(24)26)6-9-19(14)21-20(16-4-7-18(29-3)8-5-16)10-11-25(21)13-15(2)23(27)28/h4-12,15H,13H2,1-3H3,(H2,24,26)(H,27,28). The number of carboxylic acid groups (broad SMARTS) is 1. The van der Waals surface area contributed by atoms with E-state index in [4.69, 9.17) is 10.5 Å². The monoisotopic (exact) mass is 392 g/mol. The van der Waals surface area contributed by atoms with Gasteiger partial charge in [0.05, 0.1) is 18.7 Å². The highest BCUT2D eigenvalue weighted by molar-refractivity contribution is 5.94. The number of nitrogens with two attached hydrogens (primary N) is 1. The van der Waals surface area contributed by atoms with Gasteiger partial charge in [-0.2, -0.15) is 0 Å². The van der Waals surface area contributed by atoms with Crippen molar-refractivity contribution in [2.45, 2.75) is 20.4 Å². The van der Waals surface area contributed by atoms with Gasteiger partial charge in [-0.3, -0.25) is 9.59 Å². The Hall–Kier alpha value is -3.54. The molecule has 1 amide bonds. The number of benzene rings is 2. The summed E-state index contributed by atoms with van der Waals surface area (Å²) in [5.41, 5.74) is 10.5. The third-order valence-electron chi connectivity index (χ3n) is 5.02. The number of ether oxygens (including phenoxy) is 1. The number of nitrogens with zero attached hydrogens (tertiary/aromatic N) is 1. The van der Waals surface area contributed by atoms with Gasteiger partial charge in [0.1, 0.15) is 5.75 Å². The number of aryl methyl sites for hydroxylation is 1. The summed E-state index contributed by atoms with van der Waals surface area (Å²) in [5.74, 6) is -1.12. The van der Waals surface area contributed by atoms with Crippen molar-refractivity contribution in [3.63, 3.8) is 0 Å². The molecule has 6 heteroatoms. The minimum atomic E-state index is -0.851. The van der Waals surface area contributed by atoms with Gasteiger partial charge in [0, 0.05) is 29.4 Å². The molecule has 1 aromatic heterocycles. The van der Waals surface area contributed by atoms with Crippen LogP contribution in [0.5, 0.6) is 5.75 Å². The van der Waals surface area contributed by atoms with Crippen LogP contribution >= 0.6 is 0 Å². The fraction of sp³-hybridized carbons (Fsp3) is 0.217. The Bertz CT molecular complexity index is 1050. The zero-order valence-electron chi connectivity index (χ0n) is 16.7. The number of carboxylic acids is 1. The quantitative estimate of drug-likeness (QED) is 0.636.